The van der Waals surface area contributed by atoms with Gasteiger partial charge in [-0.15, -0.1) is 0 Å². The average molecular weight is 452 g/mol. The summed E-state index contributed by atoms with van der Waals surface area (Å²) in [7, 11) is 1.94. The Morgan fingerprint density at radius 3 is 2.69 bits per heavy atom. The van der Waals surface area contributed by atoms with Crippen molar-refractivity contribution >= 4 is 23.7 Å². The van der Waals surface area contributed by atoms with Gasteiger partial charge in [0.2, 0.25) is 0 Å². The van der Waals surface area contributed by atoms with Crippen LogP contribution < -0.4 is 5.32 Å². The summed E-state index contributed by atoms with van der Waals surface area (Å²) in [6.07, 6.45) is 5.36. The molecule has 2 aromatic rings. The van der Waals surface area contributed by atoms with Gasteiger partial charge in [-0.1, -0.05) is 48.2 Å². The molecule has 1 aromatic heterocycles. The Kier molecular flexibility index (Phi) is 6.99. The van der Waals surface area contributed by atoms with Crippen LogP contribution in [0.2, 0.25) is 0 Å². The van der Waals surface area contributed by atoms with Gasteiger partial charge in [0.25, 0.3) is 5.91 Å². The normalized spacial score (nSPS) is 18.6. The zero-order chi connectivity index (χ0) is 22.5. The Bertz CT molecular complexity index is 982. The lowest BCUT2D eigenvalue weighted by Gasteiger charge is -2.30. The van der Waals surface area contributed by atoms with Crippen molar-refractivity contribution in [3.63, 3.8) is 0 Å². The topological polar surface area (TPSA) is 68.8 Å². The highest BCUT2D eigenvalue weighted by atomic mass is 32.2. The number of benzene rings is 1. The number of thioether (sulfide) groups is 1. The molecule has 0 saturated carbocycles. The summed E-state index contributed by atoms with van der Waals surface area (Å²) in [5.41, 5.74) is 2.94. The van der Waals surface area contributed by atoms with E-state index < -0.39 is 0 Å². The summed E-state index contributed by atoms with van der Waals surface area (Å²) in [5.74, 6) is -0.114. The fourth-order valence-corrected chi connectivity index (χ4v) is 5.33. The van der Waals surface area contributed by atoms with Crippen LogP contribution in [0.15, 0.2) is 65.5 Å². The summed E-state index contributed by atoms with van der Waals surface area (Å²) in [6, 6.07) is 14.2. The molecule has 0 aliphatic carbocycles. The standard InChI is InChI=1S/C24H29N5O2S/c1-18-21(22(30)26-17-20-10-6-12-25-16-20)32-24(27(18)2)29-15-14-28(23(29)31)13-7-11-19-8-4-3-5-9-19/h3-6,8-10,12,16,24H,7,11,13-15,17H2,1-2H3,(H,26,30). The number of hydrogen-bond acceptors (Lipinski definition) is 5. The third-order valence-corrected chi connectivity index (χ3v) is 7.42. The van der Waals surface area contributed by atoms with Gasteiger partial charge in [0.1, 0.15) is 0 Å². The zero-order valence-electron chi connectivity index (χ0n) is 18.5. The van der Waals surface area contributed by atoms with Gasteiger partial charge in [0.15, 0.2) is 5.50 Å². The molecule has 4 rings (SSSR count). The number of rotatable bonds is 8. The maximum absolute atomic E-state index is 13.1. The van der Waals surface area contributed by atoms with Gasteiger partial charge in [-0.05, 0) is 37.0 Å². The molecule has 0 radical (unpaired) electrons. The van der Waals surface area contributed by atoms with E-state index in [0.29, 0.717) is 18.0 Å². The van der Waals surface area contributed by atoms with Gasteiger partial charge >= 0.3 is 6.03 Å². The lowest BCUT2D eigenvalue weighted by molar-refractivity contribution is -0.117. The number of carbonyl (C=O) groups is 2. The van der Waals surface area contributed by atoms with Gasteiger partial charge in [-0.3, -0.25) is 14.7 Å². The predicted molar refractivity (Wildman–Crippen MR) is 126 cm³/mol. The average Bonchev–Trinajstić information content (AvgIpc) is 3.32. The van der Waals surface area contributed by atoms with Crippen LogP contribution in [-0.4, -0.2) is 63.8 Å². The number of nitrogens with one attached hydrogen (secondary N) is 1. The first kappa shape index (κ1) is 22.2. The summed E-state index contributed by atoms with van der Waals surface area (Å²) in [4.78, 5) is 36.4. The van der Waals surface area contributed by atoms with Crippen LogP contribution in [0.1, 0.15) is 24.5 Å². The van der Waals surface area contributed by atoms with Gasteiger partial charge in [0, 0.05) is 51.3 Å². The second-order valence-corrected chi connectivity index (χ2v) is 9.13. The van der Waals surface area contributed by atoms with Crippen molar-refractivity contribution in [2.75, 3.05) is 26.7 Å². The first-order valence-corrected chi connectivity index (χ1v) is 11.8. The summed E-state index contributed by atoms with van der Waals surface area (Å²) >= 11 is 1.45. The zero-order valence-corrected chi connectivity index (χ0v) is 19.3. The third kappa shape index (κ3) is 4.91. The summed E-state index contributed by atoms with van der Waals surface area (Å²) in [5, 5.41) is 2.97. The Morgan fingerprint density at radius 2 is 1.94 bits per heavy atom. The summed E-state index contributed by atoms with van der Waals surface area (Å²) in [6.45, 7) is 4.50. The molecule has 168 valence electrons. The molecular weight excluding hydrogens is 422 g/mol. The molecule has 1 saturated heterocycles. The van der Waals surface area contributed by atoms with Crippen molar-refractivity contribution in [3.05, 3.63) is 76.6 Å². The van der Waals surface area contributed by atoms with Gasteiger partial charge in [-0.2, -0.15) is 0 Å². The molecule has 32 heavy (non-hydrogen) atoms. The Labute approximate surface area is 193 Å². The quantitative estimate of drug-likeness (QED) is 0.667. The molecule has 0 bridgehead atoms. The molecule has 1 N–H and O–H groups in total. The first-order chi connectivity index (χ1) is 15.5. The van der Waals surface area contributed by atoms with E-state index >= 15 is 0 Å². The van der Waals surface area contributed by atoms with E-state index in [1.54, 1.807) is 12.4 Å². The fourth-order valence-electron chi connectivity index (χ4n) is 3.98. The molecule has 1 aromatic carbocycles. The van der Waals surface area contributed by atoms with E-state index in [1.807, 2.05) is 59.0 Å². The van der Waals surface area contributed by atoms with Crippen LogP contribution in [0.4, 0.5) is 4.79 Å². The van der Waals surface area contributed by atoms with Crippen LogP contribution >= 0.6 is 11.8 Å². The monoisotopic (exact) mass is 451 g/mol. The molecular formula is C24H29N5O2S. The van der Waals surface area contributed by atoms with Crippen molar-refractivity contribution < 1.29 is 9.59 Å². The number of urea groups is 1. The molecule has 1 fully saturated rings. The lowest BCUT2D eigenvalue weighted by atomic mass is 10.1. The molecule has 2 aliphatic rings. The van der Waals surface area contributed by atoms with Crippen LogP contribution in [0.5, 0.6) is 0 Å². The molecule has 8 heteroatoms. The third-order valence-electron chi connectivity index (χ3n) is 5.92. The highest BCUT2D eigenvalue weighted by Gasteiger charge is 2.41. The SMILES string of the molecule is CC1=C(C(=O)NCc2cccnc2)SC(N2CCN(CCCc3ccccc3)C2=O)N1C. The Morgan fingerprint density at radius 1 is 1.16 bits per heavy atom. The molecule has 1 atom stereocenters. The van der Waals surface area contributed by atoms with Crippen molar-refractivity contribution in [2.24, 2.45) is 0 Å². The van der Waals surface area contributed by atoms with Crippen LogP contribution in [0, 0.1) is 0 Å². The number of aryl methyl sites for hydroxylation is 1. The number of amides is 3. The van der Waals surface area contributed by atoms with E-state index in [4.69, 9.17) is 0 Å². The van der Waals surface area contributed by atoms with Crippen LogP contribution in [0.3, 0.4) is 0 Å². The van der Waals surface area contributed by atoms with E-state index in [0.717, 1.165) is 37.2 Å². The number of hydrogen-bond donors (Lipinski definition) is 1. The fraction of sp³-hybridized carbons (Fsp3) is 0.375. The Balaban J connectivity index is 1.30. The van der Waals surface area contributed by atoms with E-state index in [-0.39, 0.29) is 17.4 Å². The number of nitrogens with zero attached hydrogens (tertiary/aromatic N) is 4. The molecule has 3 heterocycles. The van der Waals surface area contributed by atoms with Crippen LogP contribution in [-0.2, 0) is 17.8 Å². The highest BCUT2D eigenvalue weighted by molar-refractivity contribution is 8.04. The first-order valence-electron chi connectivity index (χ1n) is 10.9. The maximum atomic E-state index is 13.1. The number of allylic oxidation sites excluding steroid dienone is 1. The maximum Gasteiger partial charge on any atom is 0.322 e. The van der Waals surface area contributed by atoms with Crippen LogP contribution in [0.25, 0.3) is 0 Å². The number of pyridine rings is 1. The van der Waals surface area contributed by atoms with E-state index in [2.05, 4.69) is 22.4 Å². The smallest absolute Gasteiger partial charge is 0.322 e. The van der Waals surface area contributed by atoms with E-state index in [9.17, 15) is 9.59 Å². The molecule has 3 amide bonds. The minimum absolute atomic E-state index is 0.0484. The summed E-state index contributed by atoms with van der Waals surface area (Å²) < 4.78 is 0. The molecule has 0 spiro atoms. The van der Waals surface area contributed by atoms with Crippen molar-refractivity contribution in [2.45, 2.75) is 31.8 Å². The molecule has 7 nitrogen and oxygen atoms in total. The minimum Gasteiger partial charge on any atom is -0.348 e. The van der Waals surface area contributed by atoms with Crippen molar-refractivity contribution in [3.8, 4) is 0 Å². The number of aromatic nitrogens is 1. The van der Waals surface area contributed by atoms with Gasteiger partial charge in [0.05, 0.1) is 4.91 Å². The van der Waals surface area contributed by atoms with Gasteiger partial charge < -0.3 is 15.1 Å². The minimum atomic E-state index is -0.194. The van der Waals surface area contributed by atoms with Gasteiger partial charge in [-0.25, -0.2) is 4.79 Å². The largest absolute Gasteiger partial charge is 0.348 e. The van der Waals surface area contributed by atoms with Crippen molar-refractivity contribution in [1.29, 1.82) is 0 Å². The van der Waals surface area contributed by atoms with Crippen molar-refractivity contribution in [1.82, 2.24) is 25.0 Å². The lowest BCUT2D eigenvalue weighted by Crippen LogP contribution is -2.44. The number of carbonyl (C=O) groups excluding carboxylic acids is 2. The highest BCUT2D eigenvalue weighted by Crippen LogP contribution is 2.39. The molecule has 1 unspecified atom stereocenters. The Hall–Kier alpha value is -3.00. The molecule has 2 aliphatic heterocycles. The predicted octanol–water partition coefficient (Wildman–Crippen LogP) is 3.26. The second-order valence-electron chi connectivity index (χ2n) is 8.07. The second kappa shape index (κ2) is 10.1. The van der Waals surface area contributed by atoms with E-state index in [1.165, 1.54) is 17.3 Å².